The summed E-state index contributed by atoms with van der Waals surface area (Å²) in [5.74, 6) is -0.681. The van der Waals surface area contributed by atoms with Crippen molar-refractivity contribution in [2.75, 3.05) is 7.05 Å². The van der Waals surface area contributed by atoms with Crippen LogP contribution in [0.1, 0.15) is 72.6 Å². The Kier molecular flexibility index (Phi) is 4.42. The van der Waals surface area contributed by atoms with Gasteiger partial charge in [-0.25, -0.2) is 0 Å². The average molecular weight is 297 g/mol. The zero-order valence-electron chi connectivity index (χ0n) is 14.2. The Hall–Kier alpha value is -0.610. The summed E-state index contributed by atoms with van der Waals surface area (Å²) in [6, 6.07) is 0.268. The minimum absolute atomic E-state index is 0.137. The maximum atomic E-state index is 11.4. The fourth-order valence-electron chi connectivity index (χ4n) is 4.61. The van der Waals surface area contributed by atoms with Gasteiger partial charge >= 0.3 is 5.97 Å². The summed E-state index contributed by atoms with van der Waals surface area (Å²) >= 11 is 0. The van der Waals surface area contributed by atoms with Crippen molar-refractivity contribution >= 4 is 5.97 Å². The Bertz CT molecular complexity index is 397. The molecule has 1 aliphatic carbocycles. The number of aliphatic carboxylic acids is 1. The Labute approximate surface area is 128 Å². The first-order chi connectivity index (χ1) is 9.58. The van der Waals surface area contributed by atoms with Crippen molar-refractivity contribution in [3.05, 3.63) is 0 Å². The van der Waals surface area contributed by atoms with E-state index in [-0.39, 0.29) is 29.2 Å². The third-order valence-corrected chi connectivity index (χ3v) is 5.51. The van der Waals surface area contributed by atoms with E-state index in [4.69, 9.17) is 4.74 Å². The zero-order valence-corrected chi connectivity index (χ0v) is 14.2. The standard InChI is InChI=1S/C17H31NO3/c1-15(2)11-13(16(3,4)21-15)18(5)17(12-14(19)20)9-7-6-8-10-17/h13H,6-12H2,1-5H3,(H,19,20). The van der Waals surface area contributed by atoms with Gasteiger partial charge in [-0.2, -0.15) is 0 Å². The van der Waals surface area contributed by atoms with Gasteiger partial charge < -0.3 is 9.84 Å². The van der Waals surface area contributed by atoms with Gasteiger partial charge in [-0.15, -0.1) is 0 Å². The van der Waals surface area contributed by atoms with Gasteiger partial charge in [0.1, 0.15) is 0 Å². The first kappa shape index (κ1) is 16.8. The van der Waals surface area contributed by atoms with Gasteiger partial charge in [-0.3, -0.25) is 9.69 Å². The number of hydrogen-bond acceptors (Lipinski definition) is 3. The van der Waals surface area contributed by atoms with Crippen molar-refractivity contribution in [1.29, 1.82) is 0 Å². The molecule has 0 radical (unpaired) electrons. The van der Waals surface area contributed by atoms with E-state index in [0.717, 1.165) is 32.1 Å². The number of carboxylic acids is 1. The smallest absolute Gasteiger partial charge is 0.305 e. The molecule has 2 aliphatic rings. The summed E-state index contributed by atoms with van der Waals surface area (Å²) in [5.41, 5.74) is -0.571. The van der Waals surface area contributed by atoms with Crippen LogP contribution in [0.15, 0.2) is 0 Å². The molecule has 2 fully saturated rings. The lowest BCUT2D eigenvalue weighted by atomic mass is 9.76. The quantitative estimate of drug-likeness (QED) is 0.863. The zero-order chi connectivity index (χ0) is 15.9. The van der Waals surface area contributed by atoms with E-state index in [1.54, 1.807) is 0 Å². The van der Waals surface area contributed by atoms with E-state index in [0.29, 0.717) is 0 Å². The SMILES string of the molecule is CN(C1CC(C)(C)OC1(C)C)C1(CC(=O)O)CCCCC1. The number of hydrogen-bond donors (Lipinski definition) is 1. The lowest BCUT2D eigenvalue weighted by molar-refractivity contribution is -0.143. The molecule has 1 unspecified atom stereocenters. The number of likely N-dealkylation sites (N-methyl/N-ethyl adjacent to an activating group) is 1. The summed E-state index contributed by atoms with van der Waals surface area (Å²) in [4.78, 5) is 13.8. The normalized spacial score (nSPS) is 30.5. The van der Waals surface area contributed by atoms with Gasteiger partial charge in [0.15, 0.2) is 0 Å². The average Bonchev–Trinajstić information content (AvgIpc) is 2.56. The van der Waals surface area contributed by atoms with Crippen LogP contribution in [0.5, 0.6) is 0 Å². The molecule has 1 saturated heterocycles. The summed E-state index contributed by atoms with van der Waals surface area (Å²) in [5, 5.41) is 9.40. The summed E-state index contributed by atoms with van der Waals surface area (Å²) in [6.07, 6.45) is 6.68. The van der Waals surface area contributed by atoms with Crippen molar-refractivity contribution in [3.8, 4) is 0 Å². The molecule has 1 N–H and O–H groups in total. The van der Waals surface area contributed by atoms with Crippen molar-refractivity contribution < 1.29 is 14.6 Å². The lowest BCUT2D eigenvalue weighted by Crippen LogP contribution is -2.58. The maximum Gasteiger partial charge on any atom is 0.305 e. The highest BCUT2D eigenvalue weighted by Gasteiger charge is 2.52. The van der Waals surface area contributed by atoms with Crippen LogP contribution in [0.25, 0.3) is 0 Å². The van der Waals surface area contributed by atoms with Crippen LogP contribution in [-0.4, -0.2) is 45.8 Å². The van der Waals surface area contributed by atoms with E-state index < -0.39 is 5.97 Å². The number of rotatable bonds is 4. The Morgan fingerprint density at radius 2 is 1.76 bits per heavy atom. The van der Waals surface area contributed by atoms with Gasteiger partial charge in [-0.05, 0) is 54.0 Å². The monoisotopic (exact) mass is 297 g/mol. The molecule has 0 aromatic rings. The molecule has 1 atom stereocenters. The van der Waals surface area contributed by atoms with Gasteiger partial charge in [0.2, 0.25) is 0 Å². The third kappa shape index (κ3) is 3.42. The number of nitrogens with zero attached hydrogens (tertiary/aromatic N) is 1. The second-order valence-corrected chi connectivity index (χ2v) is 8.15. The molecule has 122 valence electrons. The largest absolute Gasteiger partial charge is 0.481 e. The minimum Gasteiger partial charge on any atom is -0.481 e. The second-order valence-electron chi connectivity index (χ2n) is 8.15. The molecular weight excluding hydrogens is 266 g/mol. The topological polar surface area (TPSA) is 49.8 Å². The molecule has 0 aromatic heterocycles. The van der Waals surface area contributed by atoms with E-state index in [2.05, 4.69) is 39.6 Å². The number of ether oxygens (including phenoxy) is 1. The predicted octanol–water partition coefficient (Wildman–Crippen LogP) is 3.44. The van der Waals surface area contributed by atoms with Gasteiger partial charge in [-0.1, -0.05) is 19.3 Å². The predicted molar refractivity (Wildman–Crippen MR) is 83.5 cm³/mol. The molecule has 4 heteroatoms. The van der Waals surface area contributed by atoms with Crippen LogP contribution < -0.4 is 0 Å². The molecule has 21 heavy (non-hydrogen) atoms. The molecular formula is C17H31NO3. The van der Waals surface area contributed by atoms with Gasteiger partial charge in [0.05, 0.1) is 17.6 Å². The summed E-state index contributed by atoms with van der Waals surface area (Å²) < 4.78 is 6.22. The number of carbonyl (C=O) groups is 1. The molecule has 0 aromatic carbocycles. The van der Waals surface area contributed by atoms with Crippen LogP contribution in [0.3, 0.4) is 0 Å². The molecule has 1 heterocycles. The van der Waals surface area contributed by atoms with Crippen molar-refractivity contribution in [3.63, 3.8) is 0 Å². The highest BCUT2D eigenvalue weighted by molar-refractivity contribution is 5.68. The van der Waals surface area contributed by atoms with Crippen molar-refractivity contribution in [2.45, 2.75) is 95.4 Å². The van der Waals surface area contributed by atoms with Crippen LogP contribution in [0.2, 0.25) is 0 Å². The Morgan fingerprint density at radius 1 is 1.19 bits per heavy atom. The summed E-state index contributed by atoms with van der Waals surface area (Å²) in [7, 11) is 2.12. The molecule has 1 aliphatic heterocycles. The van der Waals surface area contributed by atoms with Crippen LogP contribution in [-0.2, 0) is 9.53 Å². The Balaban J connectivity index is 2.25. The molecule has 0 spiro atoms. The van der Waals surface area contributed by atoms with Gasteiger partial charge in [0.25, 0.3) is 0 Å². The fourth-order valence-corrected chi connectivity index (χ4v) is 4.61. The highest BCUT2D eigenvalue weighted by atomic mass is 16.5. The lowest BCUT2D eigenvalue weighted by Gasteiger charge is -2.49. The second kappa shape index (κ2) is 5.54. The summed E-state index contributed by atoms with van der Waals surface area (Å²) in [6.45, 7) is 8.54. The van der Waals surface area contributed by atoms with Crippen molar-refractivity contribution in [2.24, 2.45) is 0 Å². The minimum atomic E-state index is -0.681. The van der Waals surface area contributed by atoms with Crippen molar-refractivity contribution in [1.82, 2.24) is 4.90 Å². The molecule has 4 nitrogen and oxygen atoms in total. The van der Waals surface area contributed by atoms with E-state index in [1.165, 1.54) is 6.42 Å². The highest BCUT2D eigenvalue weighted by Crippen LogP contribution is 2.45. The van der Waals surface area contributed by atoms with Crippen LogP contribution >= 0.6 is 0 Å². The van der Waals surface area contributed by atoms with E-state index in [9.17, 15) is 9.90 Å². The molecule has 1 saturated carbocycles. The molecule has 0 amide bonds. The Morgan fingerprint density at radius 3 is 2.19 bits per heavy atom. The molecule has 0 bridgehead atoms. The third-order valence-electron chi connectivity index (χ3n) is 5.51. The van der Waals surface area contributed by atoms with Gasteiger partial charge in [0, 0.05) is 11.6 Å². The maximum absolute atomic E-state index is 11.4. The molecule has 2 rings (SSSR count). The first-order valence-electron chi connectivity index (χ1n) is 8.23. The van der Waals surface area contributed by atoms with E-state index >= 15 is 0 Å². The number of carboxylic acid groups (broad SMARTS) is 1. The van der Waals surface area contributed by atoms with E-state index in [1.807, 2.05) is 0 Å². The van der Waals surface area contributed by atoms with Crippen LogP contribution in [0.4, 0.5) is 0 Å². The van der Waals surface area contributed by atoms with Crippen LogP contribution in [0, 0.1) is 0 Å². The first-order valence-corrected chi connectivity index (χ1v) is 8.23. The fraction of sp³-hybridized carbons (Fsp3) is 0.941.